The summed E-state index contributed by atoms with van der Waals surface area (Å²) in [6, 6.07) is 6.15. The summed E-state index contributed by atoms with van der Waals surface area (Å²) >= 11 is 1.93. The lowest BCUT2D eigenvalue weighted by molar-refractivity contribution is 0.612. The molecule has 2 N–H and O–H groups in total. The van der Waals surface area contributed by atoms with Gasteiger partial charge in [-0.15, -0.1) is 0 Å². The number of hydrogen-bond donors (Lipinski definition) is 1. The lowest BCUT2D eigenvalue weighted by atomic mass is 10.1. The second-order valence-corrected chi connectivity index (χ2v) is 5.72. The molecule has 86 valence electrons. The molecule has 1 aromatic carbocycles. The third-order valence-electron chi connectivity index (χ3n) is 2.53. The highest BCUT2D eigenvalue weighted by Gasteiger charge is 2.07. The first kappa shape index (κ1) is 11.6. The van der Waals surface area contributed by atoms with Crippen molar-refractivity contribution >= 4 is 22.7 Å². The summed E-state index contributed by atoms with van der Waals surface area (Å²) in [5.74, 6) is 0.999. The fraction of sp³-hybridized carbons (Fsp3) is 0.385. The minimum Gasteiger partial charge on any atom is -0.464 e. The Hall–Kier alpha value is -0.930. The molecule has 0 saturated carbocycles. The standard InChI is InChI=1S/C13H17NOS/c1-9(2)16-8-11-7-15-13-4-3-10(6-14)5-12(11)13/h3-5,7,9H,6,8,14H2,1-2H3. The van der Waals surface area contributed by atoms with Crippen molar-refractivity contribution in [3.05, 3.63) is 35.6 Å². The maximum atomic E-state index is 5.65. The highest BCUT2D eigenvalue weighted by atomic mass is 32.2. The molecular weight excluding hydrogens is 218 g/mol. The van der Waals surface area contributed by atoms with E-state index in [2.05, 4.69) is 19.9 Å². The van der Waals surface area contributed by atoms with Crippen LogP contribution in [0.4, 0.5) is 0 Å². The molecule has 0 amide bonds. The van der Waals surface area contributed by atoms with Gasteiger partial charge in [0.25, 0.3) is 0 Å². The molecule has 0 aliphatic rings. The summed E-state index contributed by atoms with van der Waals surface area (Å²) in [4.78, 5) is 0. The molecule has 0 aliphatic heterocycles. The lowest BCUT2D eigenvalue weighted by Crippen LogP contribution is -1.95. The Morgan fingerprint density at radius 3 is 2.88 bits per heavy atom. The van der Waals surface area contributed by atoms with Gasteiger partial charge in [-0.05, 0) is 22.9 Å². The maximum absolute atomic E-state index is 5.65. The van der Waals surface area contributed by atoms with Crippen LogP contribution in [0, 0.1) is 0 Å². The minimum absolute atomic E-state index is 0.581. The number of benzene rings is 1. The smallest absolute Gasteiger partial charge is 0.134 e. The number of thioether (sulfide) groups is 1. The van der Waals surface area contributed by atoms with Crippen LogP contribution in [0.2, 0.25) is 0 Å². The summed E-state index contributed by atoms with van der Waals surface area (Å²) in [7, 11) is 0. The van der Waals surface area contributed by atoms with Gasteiger partial charge in [0.05, 0.1) is 6.26 Å². The van der Waals surface area contributed by atoms with E-state index >= 15 is 0 Å². The van der Waals surface area contributed by atoms with E-state index in [0.29, 0.717) is 11.8 Å². The monoisotopic (exact) mass is 235 g/mol. The van der Waals surface area contributed by atoms with E-state index in [0.717, 1.165) is 16.9 Å². The van der Waals surface area contributed by atoms with Gasteiger partial charge < -0.3 is 10.2 Å². The summed E-state index contributed by atoms with van der Waals surface area (Å²) < 4.78 is 5.53. The fourth-order valence-electron chi connectivity index (χ4n) is 1.62. The van der Waals surface area contributed by atoms with Gasteiger partial charge in [0, 0.05) is 23.2 Å². The molecule has 0 radical (unpaired) electrons. The predicted octanol–water partition coefficient (Wildman–Crippen LogP) is 3.53. The SMILES string of the molecule is CC(C)SCc1coc2ccc(CN)cc12. The number of hydrogen-bond acceptors (Lipinski definition) is 3. The van der Waals surface area contributed by atoms with Gasteiger partial charge in [-0.25, -0.2) is 0 Å². The molecule has 0 saturated heterocycles. The fourth-order valence-corrected chi connectivity index (χ4v) is 2.36. The second kappa shape index (κ2) is 4.93. The zero-order valence-corrected chi connectivity index (χ0v) is 10.5. The Labute approximate surface area is 100 Å². The van der Waals surface area contributed by atoms with E-state index in [9.17, 15) is 0 Å². The zero-order valence-electron chi connectivity index (χ0n) is 9.69. The van der Waals surface area contributed by atoms with Gasteiger partial charge in [0.1, 0.15) is 5.58 Å². The van der Waals surface area contributed by atoms with Crippen molar-refractivity contribution < 1.29 is 4.42 Å². The van der Waals surface area contributed by atoms with E-state index in [-0.39, 0.29) is 0 Å². The van der Waals surface area contributed by atoms with Crippen molar-refractivity contribution in [3.63, 3.8) is 0 Å². The number of rotatable bonds is 4. The zero-order chi connectivity index (χ0) is 11.5. The highest BCUT2D eigenvalue weighted by Crippen LogP contribution is 2.27. The van der Waals surface area contributed by atoms with Crippen molar-refractivity contribution in [2.75, 3.05) is 0 Å². The number of fused-ring (bicyclic) bond motifs is 1. The van der Waals surface area contributed by atoms with Gasteiger partial charge in [-0.2, -0.15) is 11.8 Å². The summed E-state index contributed by atoms with van der Waals surface area (Å²) in [5, 5.41) is 1.85. The quantitative estimate of drug-likeness (QED) is 0.881. The van der Waals surface area contributed by atoms with Crippen LogP contribution in [0.5, 0.6) is 0 Å². The third-order valence-corrected chi connectivity index (χ3v) is 3.67. The predicted molar refractivity (Wildman–Crippen MR) is 70.5 cm³/mol. The molecule has 2 aromatic rings. The number of nitrogens with two attached hydrogens (primary N) is 1. The Kier molecular flexibility index (Phi) is 3.56. The molecule has 16 heavy (non-hydrogen) atoms. The number of furan rings is 1. The first-order chi connectivity index (χ1) is 7.70. The minimum atomic E-state index is 0.581. The first-order valence-corrected chi connectivity index (χ1v) is 6.56. The van der Waals surface area contributed by atoms with Gasteiger partial charge in [0.15, 0.2) is 0 Å². The third kappa shape index (κ3) is 2.42. The molecule has 0 fully saturated rings. The molecule has 0 bridgehead atoms. The van der Waals surface area contributed by atoms with Gasteiger partial charge >= 0.3 is 0 Å². The summed E-state index contributed by atoms with van der Waals surface area (Å²) in [6.07, 6.45) is 1.86. The van der Waals surface area contributed by atoms with E-state index in [1.807, 2.05) is 30.2 Å². The molecular formula is C13H17NOS. The van der Waals surface area contributed by atoms with Crippen molar-refractivity contribution in [2.24, 2.45) is 5.73 Å². The second-order valence-electron chi connectivity index (χ2n) is 4.16. The summed E-state index contributed by atoms with van der Waals surface area (Å²) in [6.45, 7) is 4.99. The van der Waals surface area contributed by atoms with Crippen LogP contribution >= 0.6 is 11.8 Å². The summed E-state index contributed by atoms with van der Waals surface area (Å²) in [5.41, 5.74) is 9.03. The van der Waals surface area contributed by atoms with Gasteiger partial charge in [-0.1, -0.05) is 19.9 Å². The van der Waals surface area contributed by atoms with Gasteiger partial charge in [-0.3, -0.25) is 0 Å². The van der Waals surface area contributed by atoms with Crippen LogP contribution in [0.3, 0.4) is 0 Å². The Morgan fingerprint density at radius 2 is 2.19 bits per heavy atom. The Balaban J connectivity index is 2.30. The topological polar surface area (TPSA) is 39.2 Å². The molecule has 0 aliphatic carbocycles. The normalized spacial score (nSPS) is 11.5. The van der Waals surface area contributed by atoms with Crippen molar-refractivity contribution in [1.29, 1.82) is 0 Å². The molecule has 2 rings (SSSR count). The molecule has 3 heteroatoms. The van der Waals surface area contributed by atoms with E-state index in [1.165, 1.54) is 10.9 Å². The molecule has 1 aromatic heterocycles. The lowest BCUT2D eigenvalue weighted by Gasteiger charge is -2.03. The average Bonchev–Trinajstić information content (AvgIpc) is 2.68. The van der Waals surface area contributed by atoms with Crippen LogP contribution in [0.1, 0.15) is 25.0 Å². The molecule has 2 nitrogen and oxygen atoms in total. The largest absolute Gasteiger partial charge is 0.464 e. The van der Waals surface area contributed by atoms with E-state index < -0.39 is 0 Å². The Morgan fingerprint density at radius 1 is 1.38 bits per heavy atom. The molecule has 0 atom stereocenters. The van der Waals surface area contributed by atoms with Crippen LogP contribution in [-0.2, 0) is 12.3 Å². The molecule has 0 spiro atoms. The van der Waals surface area contributed by atoms with Crippen LogP contribution < -0.4 is 5.73 Å². The molecule has 0 unspecified atom stereocenters. The van der Waals surface area contributed by atoms with Crippen molar-refractivity contribution in [3.8, 4) is 0 Å². The Bertz CT molecular complexity index is 476. The maximum Gasteiger partial charge on any atom is 0.134 e. The van der Waals surface area contributed by atoms with Crippen molar-refractivity contribution in [2.45, 2.75) is 31.4 Å². The van der Waals surface area contributed by atoms with Crippen LogP contribution in [-0.4, -0.2) is 5.25 Å². The first-order valence-electron chi connectivity index (χ1n) is 5.51. The average molecular weight is 235 g/mol. The van der Waals surface area contributed by atoms with Crippen LogP contribution in [0.25, 0.3) is 11.0 Å². The van der Waals surface area contributed by atoms with E-state index in [4.69, 9.17) is 10.2 Å². The highest BCUT2D eigenvalue weighted by molar-refractivity contribution is 7.99. The van der Waals surface area contributed by atoms with E-state index in [1.54, 1.807) is 0 Å². The van der Waals surface area contributed by atoms with Gasteiger partial charge in [0.2, 0.25) is 0 Å². The van der Waals surface area contributed by atoms with Crippen LogP contribution in [0.15, 0.2) is 28.9 Å². The van der Waals surface area contributed by atoms with Crippen molar-refractivity contribution in [1.82, 2.24) is 0 Å². The molecule has 1 heterocycles.